The van der Waals surface area contributed by atoms with Crippen molar-refractivity contribution < 1.29 is 20.0 Å². The number of esters is 1. The minimum absolute atomic E-state index is 0.232. The number of carbonyl (C=O) groups excluding carboxylic acids is 1. The van der Waals surface area contributed by atoms with Crippen molar-refractivity contribution in [1.82, 2.24) is 0 Å². The summed E-state index contributed by atoms with van der Waals surface area (Å²) in [5.41, 5.74) is 3.58. The van der Waals surface area contributed by atoms with Gasteiger partial charge in [0.1, 0.15) is 0 Å². The smallest absolute Gasteiger partial charge is 0.307 e. The van der Waals surface area contributed by atoms with Crippen molar-refractivity contribution in [2.45, 2.75) is 6.42 Å². The van der Waals surface area contributed by atoms with Crippen molar-refractivity contribution in [3.63, 3.8) is 0 Å². The van der Waals surface area contributed by atoms with Crippen LogP contribution in [0, 0.1) is 0 Å². The molecule has 0 heterocycles. The topological polar surface area (TPSA) is 63.2 Å². The number of methoxy groups -OCH3 is 1. The second-order valence-corrected chi connectivity index (χ2v) is 1.79. The van der Waals surface area contributed by atoms with Gasteiger partial charge in [0.25, 0.3) is 0 Å². The van der Waals surface area contributed by atoms with Gasteiger partial charge in [-0.2, -0.15) is 0 Å². The Balaban J connectivity index is 2.96. The van der Waals surface area contributed by atoms with Crippen LogP contribution < -0.4 is 5.73 Å². The maximum absolute atomic E-state index is 10.5. The van der Waals surface area contributed by atoms with Crippen molar-refractivity contribution in [3.05, 3.63) is 0 Å². The van der Waals surface area contributed by atoms with Crippen LogP contribution in [0.5, 0.6) is 0 Å². The highest BCUT2D eigenvalue weighted by atomic mass is 16.5. The molecule has 0 aromatic heterocycles. The molecule has 60 valence electrons. The summed E-state index contributed by atoms with van der Waals surface area (Å²) in [4.78, 5) is 10.5. The van der Waals surface area contributed by atoms with Crippen LogP contribution in [0.2, 0.25) is 0 Å². The van der Waals surface area contributed by atoms with Crippen LogP contribution in [0.4, 0.5) is 0 Å². The largest absolute Gasteiger partial charge is 0.469 e. The fourth-order valence-electron chi connectivity index (χ4n) is 0.462. The molecule has 0 saturated heterocycles. The minimum atomic E-state index is -0.232. The number of rotatable bonds is 5. The van der Waals surface area contributed by atoms with Gasteiger partial charge in [0.05, 0.1) is 33.3 Å². The van der Waals surface area contributed by atoms with E-state index in [1.54, 1.807) is 0 Å². The number of carbonyl (C=O) groups is 1. The second kappa shape index (κ2) is 6.51. The molecule has 4 nitrogen and oxygen atoms in total. The van der Waals surface area contributed by atoms with Gasteiger partial charge in [0, 0.05) is 0 Å². The lowest BCUT2D eigenvalue weighted by Gasteiger charge is -1.98. The van der Waals surface area contributed by atoms with E-state index >= 15 is 0 Å². The first-order chi connectivity index (χ1) is 4.81. The Hall–Kier alpha value is -0.610. The van der Waals surface area contributed by atoms with E-state index in [0.29, 0.717) is 19.6 Å². The van der Waals surface area contributed by atoms with Gasteiger partial charge in [-0.25, -0.2) is 0 Å². The van der Waals surface area contributed by atoms with Crippen LogP contribution in [0.15, 0.2) is 0 Å². The van der Waals surface area contributed by atoms with Crippen LogP contribution in [-0.2, 0) is 14.3 Å². The lowest BCUT2D eigenvalue weighted by Crippen LogP contribution is -2.52. The molecule has 10 heavy (non-hydrogen) atoms. The first kappa shape index (κ1) is 9.39. The van der Waals surface area contributed by atoms with E-state index in [1.807, 2.05) is 0 Å². The number of hydrogen-bond donors (Lipinski definition) is 1. The Morgan fingerprint density at radius 3 is 2.70 bits per heavy atom. The lowest BCUT2D eigenvalue weighted by atomic mass is 10.5. The van der Waals surface area contributed by atoms with Crippen molar-refractivity contribution in [2.75, 3.05) is 26.9 Å². The summed E-state index contributed by atoms with van der Waals surface area (Å²) in [6.45, 7) is 1.78. The normalized spacial score (nSPS) is 9.40. The van der Waals surface area contributed by atoms with Crippen LogP contribution in [-0.4, -0.2) is 32.8 Å². The highest BCUT2D eigenvalue weighted by molar-refractivity contribution is 5.69. The van der Waals surface area contributed by atoms with E-state index < -0.39 is 0 Å². The van der Waals surface area contributed by atoms with E-state index in [4.69, 9.17) is 4.74 Å². The highest BCUT2D eigenvalue weighted by Gasteiger charge is 1.97. The molecule has 0 aromatic rings. The molecule has 0 radical (unpaired) electrons. The van der Waals surface area contributed by atoms with Gasteiger partial charge < -0.3 is 15.2 Å². The number of quaternary nitrogens is 1. The fourth-order valence-corrected chi connectivity index (χ4v) is 0.462. The van der Waals surface area contributed by atoms with Gasteiger partial charge in [-0.3, -0.25) is 4.79 Å². The molecular weight excluding hydrogens is 134 g/mol. The SMILES string of the molecule is COC(=O)CCOCC[NH3+]. The summed E-state index contributed by atoms with van der Waals surface area (Å²) in [5, 5.41) is 0. The third kappa shape index (κ3) is 5.53. The molecule has 0 rings (SSSR count). The van der Waals surface area contributed by atoms with Crippen molar-refractivity contribution in [3.8, 4) is 0 Å². The van der Waals surface area contributed by atoms with Crippen LogP contribution in [0.1, 0.15) is 6.42 Å². The van der Waals surface area contributed by atoms with Crippen LogP contribution in [0.25, 0.3) is 0 Å². The average molecular weight is 148 g/mol. The first-order valence-corrected chi connectivity index (χ1v) is 3.25. The quantitative estimate of drug-likeness (QED) is 0.394. The van der Waals surface area contributed by atoms with Gasteiger partial charge in [0.15, 0.2) is 0 Å². The molecule has 0 unspecified atom stereocenters. The summed E-state index contributed by atoms with van der Waals surface area (Å²) >= 11 is 0. The van der Waals surface area contributed by atoms with E-state index in [0.717, 1.165) is 6.54 Å². The monoisotopic (exact) mass is 148 g/mol. The van der Waals surface area contributed by atoms with Gasteiger partial charge in [-0.1, -0.05) is 0 Å². The molecule has 0 amide bonds. The van der Waals surface area contributed by atoms with E-state index in [2.05, 4.69) is 10.5 Å². The third-order valence-corrected chi connectivity index (χ3v) is 0.967. The Morgan fingerprint density at radius 2 is 2.20 bits per heavy atom. The van der Waals surface area contributed by atoms with E-state index in [-0.39, 0.29) is 5.97 Å². The summed E-state index contributed by atoms with van der Waals surface area (Å²) in [5.74, 6) is -0.232. The molecule has 0 bridgehead atoms. The van der Waals surface area contributed by atoms with Crippen molar-refractivity contribution >= 4 is 5.97 Å². The standard InChI is InChI=1S/C6H13NO3/c1-9-6(8)2-4-10-5-3-7/h2-5,7H2,1H3/p+1. The number of ether oxygens (including phenoxy) is 2. The predicted molar refractivity (Wildman–Crippen MR) is 35.2 cm³/mol. The van der Waals surface area contributed by atoms with Gasteiger partial charge in [0.2, 0.25) is 0 Å². The predicted octanol–water partition coefficient (Wildman–Crippen LogP) is -1.19. The van der Waals surface area contributed by atoms with Gasteiger partial charge in [-0.05, 0) is 0 Å². The van der Waals surface area contributed by atoms with Crippen LogP contribution >= 0.6 is 0 Å². The van der Waals surface area contributed by atoms with Gasteiger partial charge in [-0.15, -0.1) is 0 Å². The molecule has 0 fully saturated rings. The molecule has 0 aromatic carbocycles. The summed E-state index contributed by atoms with van der Waals surface area (Å²) in [7, 11) is 1.36. The molecule has 4 heteroatoms. The Morgan fingerprint density at radius 1 is 1.50 bits per heavy atom. The molecule has 0 aliphatic rings. The van der Waals surface area contributed by atoms with Crippen LogP contribution in [0.3, 0.4) is 0 Å². The van der Waals surface area contributed by atoms with E-state index in [1.165, 1.54) is 7.11 Å². The lowest BCUT2D eigenvalue weighted by molar-refractivity contribution is -0.374. The van der Waals surface area contributed by atoms with Gasteiger partial charge >= 0.3 is 5.97 Å². The molecule has 0 saturated carbocycles. The summed E-state index contributed by atoms with van der Waals surface area (Å²) in [6.07, 6.45) is 0.330. The zero-order valence-corrected chi connectivity index (χ0v) is 6.26. The average Bonchev–Trinajstić information content (AvgIpc) is 1.98. The minimum Gasteiger partial charge on any atom is -0.469 e. The summed E-state index contributed by atoms with van der Waals surface area (Å²) in [6, 6.07) is 0. The molecule has 0 atom stereocenters. The first-order valence-electron chi connectivity index (χ1n) is 3.25. The maximum atomic E-state index is 10.5. The third-order valence-electron chi connectivity index (χ3n) is 0.967. The zero-order valence-electron chi connectivity index (χ0n) is 6.26. The molecule has 0 aliphatic heterocycles. The Kier molecular flexibility index (Phi) is 6.11. The summed E-state index contributed by atoms with van der Waals surface area (Å²) < 4.78 is 9.39. The van der Waals surface area contributed by atoms with Crippen molar-refractivity contribution in [1.29, 1.82) is 0 Å². The highest BCUT2D eigenvalue weighted by Crippen LogP contribution is 1.84. The molecule has 0 spiro atoms. The molecular formula is C6H14NO3+. The zero-order chi connectivity index (χ0) is 7.82. The van der Waals surface area contributed by atoms with Crippen molar-refractivity contribution in [2.24, 2.45) is 0 Å². The Labute approximate surface area is 60.3 Å². The maximum Gasteiger partial charge on any atom is 0.307 e. The number of hydrogen-bond acceptors (Lipinski definition) is 3. The fraction of sp³-hybridized carbons (Fsp3) is 0.833. The molecule has 3 N–H and O–H groups in total. The second-order valence-electron chi connectivity index (χ2n) is 1.79. The molecule has 0 aliphatic carbocycles. The Bertz CT molecular complexity index is 95.0. The van der Waals surface area contributed by atoms with E-state index in [9.17, 15) is 4.79 Å².